The molecule has 1 saturated heterocycles. The van der Waals surface area contributed by atoms with Crippen molar-refractivity contribution in [1.82, 2.24) is 4.90 Å². The van der Waals surface area contributed by atoms with Crippen molar-refractivity contribution < 1.29 is 23.5 Å². The van der Waals surface area contributed by atoms with Crippen molar-refractivity contribution in [3.8, 4) is 0 Å². The third kappa shape index (κ3) is 2.15. The summed E-state index contributed by atoms with van der Waals surface area (Å²) in [4.78, 5) is 25.3. The molecule has 2 heterocycles. The Morgan fingerprint density at radius 1 is 1.41 bits per heavy atom. The molecule has 1 aliphatic heterocycles. The lowest BCUT2D eigenvalue weighted by atomic mass is 9.90. The Bertz CT molecular complexity index is 782. The van der Waals surface area contributed by atoms with Crippen LogP contribution in [0.2, 0.25) is 0 Å². The number of benzene rings is 1. The molecular weight excluding hydrogens is 289 g/mol. The number of aryl methyl sites for hydroxylation is 1. The number of amides is 1. The van der Waals surface area contributed by atoms with Gasteiger partial charge in [-0.1, -0.05) is 0 Å². The number of hydrogen-bond acceptors (Lipinski definition) is 3. The van der Waals surface area contributed by atoms with Gasteiger partial charge in [0.15, 0.2) is 5.76 Å². The summed E-state index contributed by atoms with van der Waals surface area (Å²) in [6, 6.07) is 4.09. The largest absolute Gasteiger partial charge is 0.481 e. The summed E-state index contributed by atoms with van der Waals surface area (Å²) in [5.74, 6) is -1.50. The summed E-state index contributed by atoms with van der Waals surface area (Å²) in [5.41, 5.74) is 0.0904. The third-order valence-electron chi connectivity index (χ3n) is 4.37. The number of halogens is 1. The van der Waals surface area contributed by atoms with Gasteiger partial charge in [-0.25, -0.2) is 4.39 Å². The molecule has 116 valence electrons. The van der Waals surface area contributed by atoms with E-state index in [4.69, 9.17) is 4.42 Å². The van der Waals surface area contributed by atoms with Crippen molar-refractivity contribution in [3.63, 3.8) is 0 Å². The highest BCUT2D eigenvalue weighted by Gasteiger charge is 2.43. The Labute approximate surface area is 126 Å². The van der Waals surface area contributed by atoms with Crippen LogP contribution in [0.15, 0.2) is 22.6 Å². The summed E-state index contributed by atoms with van der Waals surface area (Å²) in [6.07, 6.45) is 0.405. The fourth-order valence-corrected chi connectivity index (χ4v) is 2.85. The predicted molar refractivity (Wildman–Crippen MR) is 77.2 cm³/mol. The van der Waals surface area contributed by atoms with Crippen LogP contribution in [0.1, 0.15) is 29.5 Å². The lowest BCUT2D eigenvalue weighted by molar-refractivity contribution is -0.147. The zero-order valence-corrected chi connectivity index (χ0v) is 12.4. The van der Waals surface area contributed by atoms with Crippen LogP contribution in [0.5, 0.6) is 0 Å². The molecular formula is C16H16FNO4. The van der Waals surface area contributed by atoms with Gasteiger partial charge in [0, 0.05) is 24.0 Å². The average Bonchev–Trinajstić information content (AvgIpc) is 3.01. The molecule has 1 aromatic heterocycles. The van der Waals surface area contributed by atoms with Crippen molar-refractivity contribution in [2.24, 2.45) is 5.41 Å². The highest BCUT2D eigenvalue weighted by Crippen LogP contribution is 2.33. The molecule has 22 heavy (non-hydrogen) atoms. The highest BCUT2D eigenvalue weighted by atomic mass is 19.1. The normalized spacial score (nSPS) is 21.5. The number of aliphatic carboxylic acids is 1. The number of carboxylic acids is 1. The van der Waals surface area contributed by atoms with Gasteiger partial charge in [-0.05, 0) is 38.5 Å². The minimum Gasteiger partial charge on any atom is -0.481 e. The molecule has 1 amide bonds. The summed E-state index contributed by atoms with van der Waals surface area (Å²) in [6.45, 7) is 3.84. The van der Waals surface area contributed by atoms with Gasteiger partial charge in [0.25, 0.3) is 5.91 Å². The van der Waals surface area contributed by atoms with Gasteiger partial charge in [-0.15, -0.1) is 0 Å². The van der Waals surface area contributed by atoms with E-state index in [0.29, 0.717) is 29.5 Å². The van der Waals surface area contributed by atoms with Crippen molar-refractivity contribution in [2.75, 3.05) is 13.1 Å². The number of carbonyl (C=O) groups is 2. The van der Waals surface area contributed by atoms with Crippen molar-refractivity contribution in [3.05, 3.63) is 35.3 Å². The molecule has 1 N–H and O–H groups in total. The quantitative estimate of drug-likeness (QED) is 0.926. The average molecular weight is 305 g/mol. The van der Waals surface area contributed by atoms with Crippen LogP contribution in [0.3, 0.4) is 0 Å². The number of likely N-dealkylation sites (tertiary alicyclic amines) is 1. The molecule has 0 bridgehead atoms. The molecule has 1 unspecified atom stereocenters. The number of nitrogens with zero attached hydrogens (tertiary/aromatic N) is 1. The van der Waals surface area contributed by atoms with E-state index in [1.807, 2.05) is 0 Å². The molecule has 1 fully saturated rings. The summed E-state index contributed by atoms with van der Waals surface area (Å²) in [5, 5.41) is 9.80. The van der Waals surface area contributed by atoms with E-state index in [1.54, 1.807) is 13.8 Å². The number of hydrogen-bond donors (Lipinski definition) is 1. The van der Waals surface area contributed by atoms with Gasteiger partial charge in [-0.3, -0.25) is 9.59 Å². The van der Waals surface area contributed by atoms with E-state index >= 15 is 0 Å². The minimum atomic E-state index is -0.929. The van der Waals surface area contributed by atoms with Gasteiger partial charge in [-0.2, -0.15) is 0 Å². The zero-order chi connectivity index (χ0) is 16.1. The fourth-order valence-electron chi connectivity index (χ4n) is 2.85. The van der Waals surface area contributed by atoms with Crippen molar-refractivity contribution >= 4 is 22.8 Å². The first kappa shape index (κ1) is 14.6. The van der Waals surface area contributed by atoms with Crippen LogP contribution in [0.25, 0.3) is 11.0 Å². The summed E-state index contributed by atoms with van der Waals surface area (Å²) < 4.78 is 18.9. The second-order valence-corrected chi connectivity index (χ2v) is 6.04. The van der Waals surface area contributed by atoms with Gasteiger partial charge < -0.3 is 14.4 Å². The van der Waals surface area contributed by atoms with Crippen LogP contribution in [0.4, 0.5) is 4.39 Å². The van der Waals surface area contributed by atoms with Crippen LogP contribution in [-0.4, -0.2) is 35.0 Å². The Hall–Kier alpha value is -2.37. The van der Waals surface area contributed by atoms with E-state index < -0.39 is 17.2 Å². The first-order chi connectivity index (χ1) is 10.3. The fraction of sp³-hybridized carbons (Fsp3) is 0.375. The van der Waals surface area contributed by atoms with Crippen LogP contribution in [-0.2, 0) is 4.79 Å². The van der Waals surface area contributed by atoms with Crippen LogP contribution >= 0.6 is 0 Å². The van der Waals surface area contributed by atoms with E-state index in [2.05, 4.69) is 0 Å². The number of fused-ring (bicyclic) bond motifs is 1. The number of carboxylic acid groups (broad SMARTS) is 1. The van der Waals surface area contributed by atoms with E-state index in [1.165, 1.54) is 23.1 Å². The predicted octanol–water partition coefficient (Wildman–Crippen LogP) is 2.82. The van der Waals surface area contributed by atoms with Gasteiger partial charge in [0.05, 0.1) is 5.41 Å². The molecule has 2 aromatic rings. The summed E-state index contributed by atoms with van der Waals surface area (Å²) in [7, 11) is 0. The van der Waals surface area contributed by atoms with E-state index in [9.17, 15) is 19.1 Å². The lowest BCUT2D eigenvalue weighted by Crippen LogP contribution is -2.34. The Balaban J connectivity index is 1.94. The van der Waals surface area contributed by atoms with Crippen LogP contribution in [0, 0.1) is 18.2 Å². The molecule has 3 rings (SSSR count). The zero-order valence-electron chi connectivity index (χ0n) is 12.4. The van der Waals surface area contributed by atoms with E-state index in [-0.39, 0.29) is 18.2 Å². The Kier molecular flexibility index (Phi) is 3.20. The molecule has 5 nitrogen and oxygen atoms in total. The smallest absolute Gasteiger partial charge is 0.311 e. The second-order valence-electron chi connectivity index (χ2n) is 6.04. The van der Waals surface area contributed by atoms with Gasteiger partial charge in [0.1, 0.15) is 11.4 Å². The molecule has 0 saturated carbocycles. The van der Waals surface area contributed by atoms with Crippen molar-refractivity contribution in [2.45, 2.75) is 20.3 Å². The van der Waals surface area contributed by atoms with Crippen LogP contribution < -0.4 is 0 Å². The number of carbonyl (C=O) groups excluding carboxylic acids is 1. The molecule has 6 heteroatoms. The van der Waals surface area contributed by atoms with E-state index in [0.717, 1.165) is 0 Å². The summed E-state index contributed by atoms with van der Waals surface area (Å²) >= 11 is 0. The maximum absolute atomic E-state index is 13.3. The topological polar surface area (TPSA) is 70.8 Å². The molecule has 1 aliphatic rings. The SMILES string of the molecule is Cc1c(C(=O)N2CCC(C)(C(=O)O)C2)oc2ccc(F)cc12. The minimum absolute atomic E-state index is 0.145. The van der Waals surface area contributed by atoms with Gasteiger partial charge in [0.2, 0.25) is 0 Å². The monoisotopic (exact) mass is 305 g/mol. The number of rotatable bonds is 2. The molecule has 0 spiro atoms. The Morgan fingerprint density at radius 3 is 2.77 bits per heavy atom. The standard InChI is InChI=1S/C16H16FNO4/c1-9-11-7-10(17)3-4-12(11)22-13(9)14(19)18-6-5-16(2,8-18)15(20)21/h3-4,7H,5-6,8H2,1-2H3,(H,20,21). The number of furan rings is 1. The van der Waals surface area contributed by atoms with Crippen molar-refractivity contribution in [1.29, 1.82) is 0 Å². The molecule has 1 aromatic carbocycles. The maximum Gasteiger partial charge on any atom is 0.311 e. The first-order valence-electron chi connectivity index (χ1n) is 7.03. The highest BCUT2D eigenvalue weighted by molar-refractivity contribution is 5.99. The third-order valence-corrected chi connectivity index (χ3v) is 4.37. The molecule has 1 atom stereocenters. The Morgan fingerprint density at radius 2 is 2.14 bits per heavy atom. The second kappa shape index (κ2) is 4.83. The van der Waals surface area contributed by atoms with Gasteiger partial charge >= 0.3 is 5.97 Å². The maximum atomic E-state index is 13.3. The lowest BCUT2D eigenvalue weighted by Gasteiger charge is -2.19. The molecule has 0 radical (unpaired) electrons. The molecule has 0 aliphatic carbocycles. The first-order valence-corrected chi connectivity index (χ1v) is 7.03.